The average molecular weight is 347 g/mol. The quantitative estimate of drug-likeness (QED) is 0.702. The molecular weight excluding hydrogens is 330 g/mol. The molecule has 1 N–H and O–H groups in total. The number of amides is 1. The van der Waals surface area contributed by atoms with E-state index >= 15 is 0 Å². The first-order valence-electron chi connectivity index (χ1n) is 8.01. The second-order valence-corrected chi connectivity index (χ2v) is 6.63. The molecule has 124 valence electrons. The van der Waals surface area contributed by atoms with Crippen LogP contribution in [0.4, 0.5) is 11.4 Å². The number of benzene rings is 2. The lowest BCUT2D eigenvalue weighted by molar-refractivity contribution is 0.0993. The van der Waals surface area contributed by atoms with Crippen molar-refractivity contribution in [3.05, 3.63) is 84.2 Å². The van der Waals surface area contributed by atoms with Crippen LogP contribution in [0.3, 0.4) is 0 Å². The summed E-state index contributed by atoms with van der Waals surface area (Å²) in [6.45, 7) is 0. The highest BCUT2D eigenvalue weighted by atomic mass is 32.2. The molecule has 2 aromatic carbocycles. The molecule has 0 fully saturated rings. The summed E-state index contributed by atoms with van der Waals surface area (Å²) in [5.74, 6) is -0.0119. The second kappa shape index (κ2) is 6.61. The molecule has 2 heterocycles. The molecule has 0 radical (unpaired) electrons. The highest BCUT2D eigenvalue weighted by Crippen LogP contribution is 2.37. The fourth-order valence-electron chi connectivity index (χ4n) is 3.09. The molecular formula is C20H17N3OS. The largest absolute Gasteiger partial charge is 0.361 e. The third kappa shape index (κ3) is 2.87. The summed E-state index contributed by atoms with van der Waals surface area (Å²) in [6, 6.07) is 19.7. The van der Waals surface area contributed by atoms with Crippen LogP contribution in [0.5, 0.6) is 0 Å². The average Bonchev–Trinajstić information content (AvgIpc) is 2.95. The Morgan fingerprint density at radius 3 is 2.76 bits per heavy atom. The van der Waals surface area contributed by atoms with Gasteiger partial charge in [0.1, 0.15) is 6.17 Å². The summed E-state index contributed by atoms with van der Waals surface area (Å²) in [6.07, 6.45) is 5.22. The summed E-state index contributed by atoms with van der Waals surface area (Å²) in [5, 5.41) is 3.51. The van der Waals surface area contributed by atoms with Crippen molar-refractivity contribution in [1.82, 2.24) is 4.98 Å². The lowest BCUT2D eigenvalue weighted by Gasteiger charge is -2.27. The lowest BCUT2D eigenvalue weighted by atomic mass is 10.1. The molecule has 0 unspecified atom stereocenters. The van der Waals surface area contributed by atoms with Crippen LogP contribution in [0.1, 0.15) is 22.1 Å². The molecule has 4 rings (SSSR count). The monoisotopic (exact) mass is 347 g/mol. The highest BCUT2D eigenvalue weighted by molar-refractivity contribution is 7.98. The van der Waals surface area contributed by atoms with Gasteiger partial charge in [0.05, 0.1) is 11.9 Å². The number of carbonyl (C=O) groups excluding carboxylic acids is 1. The van der Waals surface area contributed by atoms with E-state index in [1.54, 1.807) is 29.1 Å². The summed E-state index contributed by atoms with van der Waals surface area (Å²) in [4.78, 5) is 20.1. The molecule has 1 amide bonds. The zero-order valence-corrected chi connectivity index (χ0v) is 14.5. The molecule has 1 aliphatic rings. The van der Waals surface area contributed by atoms with Crippen molar-refractivity contribution in [3.63, 3.8) is 0 Å². The first-order valence-corrected chi connectivity index (χ1v) is 9.23. The predicted molar refractivity (Wildman–Crippen MR) is 102 cm³/mol. The van der Waals surface area contributed by atoms with Crippen molar-refractivity contribution in [2.24, 2.45) is 0 Å². The molecule has 0 aliphatic carbocycles. The number of rotatable bonds is 4. The highest BCUT2D eigenvalue weighted by Gasteiger charge is 2.37. The Balaban J connectivity index is 1.77. The van der Waals surface area contributed by atoms with E-state index in [1.807, 2.05) is 48.5 Å². The van der Waals surface area contributed by atoms with Gasteiger partial charge in [0, 0.05) is 27.9 Å². The Morgan fingerprint density at radius 2 is 1.96 bits per heavy atom. The number of pyridine rings is 1. The van der Waals surface area contributed by atoms with Crippen LogP contribution < -0.4 is 10.2 Å². The molecule has 0 saturated heterocycles. The molecule has 0 bridgehead atoms. The number of fused-ring (bicyclic) bond motifs is 1. The van der Waals surface area contributed by atoms with Gasteiger partial charge in [-0.2, -0.15) is 0 Å². The zero-order valence-electron chi connectivity index (χ0n) is 13.7. The van der Waals surface area contributed by atoms with E-state index in [1.165, 1.54) is 4.90 Å². The van der Waals surface area contributed by atoms with E-state index in [2.05, 4.69) is 28.7 Å². The maximum absolute atomic E-state index is 13.0. The van der Waals surface area contributed by atoms with Crippen molar-refractivity contribution in [3.8, 4) is 0 Å². The second-order valence-electron chi connectivity index (χ2n) is 5.75. The molecule has 0 spiro atoms. The van der Waals surface area contributed by atoms with E-state index in [9.17, 15) is 4.79 Å². The van der Waals surface area contributed by atoms with E-state index in [0.717, 1.165) is 22.5 Å². The van der Waals surface area contributed by atoms with Gasteiger partial charge in [0.2, 0.25) is 0 Å². The minimum Gasteiger partial charge on any atom is -0.361 e. The lowest BCUT2D eigenvalue weighted by Crippen LogP contribution is -2.32. The molecule has 0 saturated carbocycles. The number of carbonyl (C=O) groups is 1. The van der Waals surface area contributed by atoms with Crippen molar-refractivity contribution < 1.29 is 4.79 Å². The van der Waals surface area contributed by atoms with Gasteiger partial charge in [0.25, 0.3) is 5.91 Å². The van der Waals surface area contributed by atoms with Crippen LogP contribution in [0.25, 0.3) is 0 Å². The van der Waals surface area contributed by atoms with E-state index in [-0.39, 0.29) is 12.1 Å². The van der Waals surface area contributed by atoms with Crippen molar-refractivity contribution in [2.75, 3.05) is 16.5 Å². The summed E-state index contributed by atoms with van der Waals surface area (Å²) in [5.41, 5.74) is 3.47. The van der Waals surface area contributed by atoms with Gasteiger partial charge in [-0.25, -0.2) is 0 Å². The van der Waals surface area contributed by atoms with Crippen LogP contribution in [0.2, 0.25) is 0 Å². The van der Waals surface area contributed by atoms with Gasteiger partial charge in [-0.05, 0) is 42.7 Å². The molecule has 1 aliphatic heterocycles. The van der Waals surface area contributed by atoms with Crippen LogP contribution in [-0.2, 0) is 0 Å². The number of nitrogens with one attached hydrogen (secondary N) is 1. The molecule has 1 atom stereocenters. The fourth-order valence-corrected chi connectivity index (χ4v) is 3.55. The summed E-state index contributed by atoms with van der Waals surface area (Å²) in [7, 11) is 0. The van der Waals surface area contributed by atoms with Gasteiger partial charge < -0.3 is 5.32 Å². The van der Waals surface area contributed by atoms with Crippen molar-refractivity contribution >= 4 is 29.0 Å². The number of aromatic nitrogens is 1. The van der Waals surface area contributed by atoms with Gasteiger partial charge in [-0.15, -0.1) is 11.8 Å². The standard InChI is InChI=1S/C20H17N3OS/c1-25-16-8-4-6-14(12-16)22-19-17-9-2-3-10-18(17)20(24)23(19)15-7-5-11-21-13-15/h2-13,19,22H,1H3/t19-/m1/s1. The third-order valence-corrected chi connectivity index (χ3v) is 4.99. The summed E-state index contributed by atoms with van der Waals surface area (Å²) < 4.78 is 0. The fraction of sp³-hybridized carbons (Fsp3) is 0.100. The number of hydrogen-bond acceptors (Lipinski definition) is 4. The third-order valence-electron chi connectivity index (χ3n) is 4.26. The maximum Gasteiger partial charge on any atom is 0.260 e. The van der Waals surface area contributed by atoms with Gasteiger partial charge in [-0.3, -0.25) is 14.7 Å². The predicted octanol–water partition coefficient (Wildman–Crippen LogP) is 4.57. The Hall–Kier alpha value is -2.79. The van der Waals surface area contributed by atoms with Crippen LogP contribution >= 0.6 is 11.8 Å². The zero-order chi connectivity index (χ0) is 17.2. The minimum atomic E-state index is -0.259. The van der Waals surface area contributed by atoms with E-state index in [4.69, 9.17) is 0 Å². The van der Waals surface area contributed by atoms with Crippen LogP contribution in [0, 0.1) is 0 Å². The normalized spacial score (nSPS) is 16.0. The molecule has 1 aromatic heterocycles. The Kier molecular flexibility index (Phi) is 4.15. The topological polar surface area (TPSA) is 45.2 Å². The number of nitrogens with zero attached hydrogens (tertiary/aromatic N) is 2. The SMILES string of the molecule is CSc1cccc(N[C@H]2c3ccccc3C(=O)N2c2cccnc2)c1. The van der Waals surface area contributed by atoms with Gasteiger partial charge >= 0.3 is 0 Å². The first-order chi connectivity index (χ1) is 12.3. The Bertz CT molecular complexity index is 914. The minimum absolute atomic E-state index is 0.0119. The van der Waals surface area contributed by atoms with E-state index in [0.29, 0.717) is 0 Å². The van der Waals surface area contributed by atoms with Gasteiger partial charge in [-0.1, -0.05) is 24.3 Å². The smallest absolute Gasteiger partial charge is 0.260 e. The molecule has 4 nitrogen and oxygen atoms in total. The number of anilines is 2. The molecule has 5 heteroatoms. The van der Waals surface area contributed by atoms with Crippen molar-refractivity contribution in [1.29, 1.82) is 0 Å². The van der Waals surface area contributed by atoms with Gasteiger partial charge in [0.15, 0.2) is 0 Å². The maximum atomic E-state index is 13.0. The molecule has 3 aromatic rings. The van der Waals surface area contributed by atoms with Crippen LogP contribution in [0.15, 0.2) is 78.0 Å². The number of hydrogen-bond donors (Lipinski definition) is 1. The van der Waals surface area contributed by atoms with Crippen LogP contribution in [-0.4, -0.2) is 17.1 Å². The van der Waals surface area contributed by atoms with E-state index < -0.39 is 0 Å². The Labute approximate surface area is 150 Å². The first kappa shape index (κ1) is 15.7. The number of thioether (sulfide) groups is 1. The van der Waals surface area contributed by atoms with Crippen molar-refractivity contribution in [2.45, 2.75) is 11.1 Å². The molecule has 25 heavy (non-hydrogen) atoms. The summed E-state index contributed by atoms with van der Waals surface area (Å²) >= 11 is 1.69. The Morgan fingerprint density at radius 1 is 1.08 bits per heavy atom.